The SMILES string of the molecule is Fc1ccc2nc(Cl)c(I)nc2c1. The van der Waals surface area contributed by atoms with Crippen LogP contribution in [0.15, 0.2) is 18.2 Å². The number of rotatable bonds is 0. The zero-order valence-corrected chi connectivity index (χ0v) is 9.17. The van der Waals surface area contributed by atoms with E-state index in [9.17, 15) is 4.39 Å². The van der Waals surface area contributed by atoms with E-state index in [-0.39, 0.29) is 5.82 Å². The van der Waals surface area contributed by atoms with Gasteiger partial charge in [0.05, 0.1) is 11.0 Å². The third-order valence-electron chi connectivity index (χ3n) is 1.54. The predicted octanol–water partition coefficient (Wildman–Crippen LogP) is 3.03. The van der Waals surface area contributed by atoms with Crippen molar-refractivity contribution in [1.29, 1.82) is 0 Å². The highest BCUT2D eigenvalue weighted by molar-refractivity contribution is 14.1. The van der Waals surface area contributed by atoms with E-state index in [1.807, 2.05) is 22.6 Å². The van der Waals surface area contributed by atoms with Crippen LogP contribution in [0.3, 0.4) is 0 Å². The van der Waals surface area contributed by atoms with Crippen molar-refractivity contribution in [3.63, 3.8) is 0 Å². The number of fused-ring (bicyclic) bond motifs is 1. The molecule has 0 amide bonds. The van der Waals surface area contributed by atoms with E-state index in [0.717, 1.165) is 0 Å². The molecule has 1 heterocycles. The number of halogens is 3. The Morgan fingerprint density at radius 1 is 1.23 bits per heavy atom. The minimum Gasteiger partial charge on any atom is -0.237 e. The van der Waals surface area contributed by atoms with Crippen molar-refractivity contribution in [3.8, 4) is 0 Å². The van der Waals surface area contributed by atoms with Crippen molar-refractivity contribution in [2.75, 3.05) is 0 Å². The van der Waals surface area contributed by atoms with Crippen LogP contribution >= 0.6 is 34.2 Å². The fraction of sp³-hybridized carbons (Fsp3) is 0. The molecule has 5 heteroatoms. The first-order valence-electron chi connectivity index (χ1n) is 3.45. The van der Waals surface area contributed by atoms with Crippen LogP contribution in [0.2, 0.25) is 5.15 Å². The van der Waals surface area contributed by atoms with Crippen molar-refractivity contribution in [1.82, 2.24) is 9.97 Å². The molecule has 0 saturated carbocycles. The van der Waals surface area contributed by atoms with Gasteiger partial charge in [-0.3, -0.25) is 0 Å². The Morgan fingerprint density at radius 3 is 2.77 bits per heavy atom. The second-order valence-electron chi connectivity index (χ2n) is 2.44. The molecule has 1 aromatic heterocycles. The van der Waals surface area contributed by atoms with Gasteiger partial charge in [0.15, 0.2) is 5.15 Å². The van der Waals surface area contributed by atoms with Gasteiger partial charge in [-0.2, -0.15) is 0 Å². The summed E-state index contributed by atoms with van der Waals surface area (Å²) < 4.78 is 13.3. The minimum absolute atomic E-state index is 0.320. The average Bonchev–Trinajstić information content (AvgIpc) is 2.08. The lowest BCUT2D eigenvalue weighted by molar-refractivity contribution is 0.629. The fourth-order valence-electron chi connectivity index (χ4n) is 0.984. The minimum atomic E-state index is -0.320. The first-order chi connectivity index (χ1) is 6.16. The van der Waals surface area contributed by atoms with E-state index >= 15 is 0 Å². The van der Waals surface area contributed by atoms with Crippen LogP contribution < -0.4 is 0 Å². The maximum atomic E-state index is 12.8. The largest absolute Gasteiger partial charge is 0.237 e. The summed E-state index contributed by atoms with van der Waals surface area (Å²) in [6, 6.07) is 4.22. The first kappa shape index (κ1) is 9.08. The van der Waals surface area contributed by atoms with Crippen LogP contribution in [0.4, 0.5) is 4.39 Å². The molecule has 0 aliphatic rings. The van der Waals surface area contributed by atoms with Gasteiger partial charge in [-0.05, 0) is 34.7 Å². The average molecular weight is 308 g/mol. The molecule has 0 unspecified atom stereocenters. The monoisotopic (exact) mass is 308 g/mol. The smallest absolute Gasteiger partial charge is 0.161 e. The molecule has 0 saturated heterocycles. The van der Waals surface area contributed by atoms with Crippen molar-refractivity contribution in [2.45, 2.75) is 0 Å². The third-order valence-corrected chi connectivity index (χ3v) is 2.88. The summed E-state index contributed by atoms with van der Waals surface area (Å²) in [4.78, 5) is 8.13. The normalized spacial score (nSPS) is 10.7. The molecular formula is C8H3ClFIN2. The third kappa shape index (κ3) is 1.73. The summed E-state index contributed by atoms with van der Waals surface area (Å²) in [5.41, 5.74) is 1.13. The van der Waals surface area contributed by atoms with Crippen LogP contribution in [0.1, 0.15) is 0 Å². The molecule has 0 fully saturated rings. The lowest BCUT2D eigenvalue weighted by atomic mass is 10.3. The molecule has 13 heavy (non-hydrogen) atoms. The maximum Gasteiger partial charge on any atom is 0.161 e. The summed E-state index contributed by atoms with van der Waals surface area (Å²) in [5, 5.41) is 0.347. The Kier molecular flexibility index (Phi) is 2.33. The molecule has 1 aromatic carbocycles. The van der Waals surface area contributed by atoms with Crippen molar-refractivity contribution < 1.29 is 4.39 Å². The molecule has 0 atom stereocenters. The molecule has 0 radical (unpaired) electrons. The Labute approximate surface area is 92.3 Å². The van der Waals surface area contributed by atoms with E-state index in [4.69, 9.17) is 11.6 Å². The topological polar surface area (TPSA) is 25.8 Å². The molecule has 2 aromatic rings. The zero-order valence-electron chi connectivity index (χ0n) is 6.26. The molecular weight excluding hydrogens is 305 g/mol. The first-order valence-corrected chi connectivity index (χ1v) is 4.91. The Bertz CT molecular complexity index is 475. The number of aromatic nitrogens is 2. The lowest BCUT2D eigenvalue weighted by Gasteiger charge is -1.98. The quantitative estimate of drug-likeness (QED) is 0.699. The van der Waals surface area contributed by atoms with Crippen LogP contribution in [0.5, 0.6) is 0 Å². The Morgan fingerprint density at radius 2 is 2.00 bits per heavy atom. The summed E-state index contributed by atoms with van der Waals surface area (Å²) >= 11 is 7.71. The van der Waals surface area contributed by atoms with Gasteiger partial charge in [-0.1, -0.05) is 11.6 Å². The number of benzene rings is 1. The van der Waals surface area contributed by atoms with Crippen molar-refractivity contribution in [2.24, 2.45) is 0 Å². The Balaban J connectivity index is 2.81. The van der Waals surface area contributed by atoms with Gasteiger partial charge in [0.1, 0.15) is 9.52 Å². The predicted molar refractivity (Wildman–Crippen MR) is 57.2 cm³/mol. The summed E-state index contributed by atoms with van der Waals surface area (Å²) in [7, 11) is 0. The molecule has 2 nitrogen and oxygen atoms in total. The number of nitrogens with zero attached hydrogens (tertiary/aromatic N) is 2. The molecule has 2 rings (SSSR count). The van der Waals surface area contributed by atoms with Gasteiger partial charge >= 0.3 is 0 Å². The zero-order chi connectivity index (χ0) is 9.42. The van der Waals surface area contributed by atoms with Gasteiger partial charge in [0.2, 0.25) is 0 Å². The molecule has 0 bridgehead atoms. The van der Waals surface area contributed by atoms with Gasteiger partial charge in [0, 0.05) is 6.07 Å². The van der Waals surface area contributed by atoms with Gasteiger partial charge in [0.25, 0.3) is 0 Å². The molecule has 66 valence electrons. The van der Waals surface area contributed by atoms with Crippen LogP contribution in [-0.2, 0) is 0 Å². The standard InChI is InChI=1S/C8H3ClFIN2/c9-7-8(11)13-6-3-4(10)1-2-5(6)12-7/h1-3H. The van der Waals surface area contributed by atoms with Gasteiger partial charge < -0.3 is 0 Å². The maximum absolute atomic E-state index is 12.8. The summed E-state index contributed by atoms with van der Waals surface area (Å²) in [5.74, 6) is -0.320. The molecule has 0 spiro atoms. The van der Waals surface area contributed by atoms with E-state index in [1.54, 1.807) is 6.07 Å². The second kappa shape index (κ2) is 3.34. The summed E-state index contributed by atoms with van der Waals surface area (Å²) in [6.45, 7) is 0. The van der Waals surface area contributed by atoms with Crippen LogP contribution in [0.25, 0.3) is 11.0 Å². The number of hydrogen-bond donors (Lipinski definition) is 0. The van der Waals surface area contributed by atoms with Gasteiger partial charge in [-0.15, -0.1) is 0 Å². The Hall–Kier alpha value is -0.490. The molecule has 0 aliphatic heterocycles. The highest BCUT2D eigenvalue weighted by atomic mass is 127. The molecule has 0 aliphatic carbocycles. The lowest BCUT2D eigenvalue weighted by Crippen LogP contribution is -1.90. The van der Waals surface area contributed by atoms with Crippen LogP contribution in [-0.4, -0.2) is 9.97 Å². The highest BCUT2D eigenvalue weighted by Gasteiger charge is 2.04. The highest BCUT2D eigenvalue weighted by Crippen LogP contribution is 2.18. The van der Waals surface area contributed by atoms with Gasteiger partial charge in [-0.25, -0.2) is 14.4 Å². The molecule has 0 N–H and O–H groups in total. The van der Waals surface area contributed by atoms with Crippen LogP contribution in [0, 0.1) is 9.52 Å². The fourth-order valence-corrected chi connectivity index (χ4v) is 1.50. The van der Waals surface area contributed by atoms with E-state index in [1.165, 1.54) is 12.1 Å². The van der Waals surface area contributed by atoms with Crippen molar-refractivity contribution >= 4 is 45.2 Å². The second-order valence-corrected chi connectivity index (χ2v) is 3.82. The van der Waals surface area contributed by atoms with E-state index in [2.05, 4.69) is 9.97 Å². The number of hydrogen-bond acceptors (Lipinski definition) is 2. The van der Waals surface area contributed by atoms with Crippen molar-refractivity contribution in [3.05, 3.63) is 32.9 Å². The van der Waals surface area contributed by atoms with E-state index in [0.29, 0.717) is 19.9 Å². The van der Waals surface area contributed by atoms with E-state index < -0.39 is 0 Å². The summed E-state index contributed by atoms with van der Waals surface area (Å²) in [6.07, 6.45) is 0.